The molecule has 2 aromatic rings. The average Bonchev–Trinajstić information content (AvgIpc) is 2.25. The third kappa shape index (κ3) is 1.56. The molecule has 3 heteroatoms. The highest BCUT2D eigenvalue weighted by Gasteiger charge is 2.34. The van der Waals surface area contributed by atoms with Crippen molar-refractivity contribution in [2.45, 2.75) is 5.54 Å². The van der Waals surface area contributed by atoms with E-state index in [4.69, 9.17) is 5.73 Å². The summed E-state index contributed by atoms with van der Waals surface area (Å²) in [6, 6.07) is 12.8. The lowest BCUT2D eigenvalue weighted by molar-refractivity contribution is 0.287. The van der Waals surface area contributed by atoms with Gasteiger partial charge >= 0.3 is 0 Å². The molecular formula is C13H13BrN2. The number of nitrogens with two attached hydrogens (primary N) is 1. The molecular weight excluding hydrogens is 264 g/mol. The van der Waals surface area contributed by atoms with E-state index in [2.05, 4.69) is 57.6 Å². The lowest BCUT2D eigenvalue weighted by atomic mass is 9.84. The van der Waals surface area contributed by atoms with Gasteiger partial charge in [0.1, 0.15) is 0 Å². The van der Waals surface area contributed by atoms with Gasteiger partial charge in [0.25, 0.3) is 0 Å². The van der Waals surface area contributed by atoms with Crippen LogP contribution >= 0.6 is 15.9 Å². The first kappa shape index (κ1) is 10.3. The summed E-state index contributed by atoms with van der Waals surface area (Å²) in [5.41, 5.74) is 7.33. The van der Waals surface area contributed by atoms with Crippen LogP contribution in [0.25, 0.3) is 10.8 Å². The Morgan fingerprint density at radius 2 is 1.75 bits per heavy atom. The Bertz CT molecular complexity index is 547. The smallest absolute Gasteiger partial charge is 0.0662 e. The van der Waals surface area contributed by atoms with Crippen LogP contribution in [0.4, 0.5) is 0 Å². The van der Waals surface area contributed by atoms with Gasteiger partial charge in [-0.05, 0) is 34.5 Å². The van der Waals surface area contributed by atoms with E-state index in [1.807, 2.05) is 0 Å². The Morgan fingerprint density at radius 1 is 1.06 bits per heavy atom. The summed E-state index contributed by atoms with van der Waals surface area (Å²) in [6.07, 6.45) is 0. The van der Waals surface area contributed by atoms with Crippen LogP contribution in [-0.2, 0) is 5.54 Å². The molecule has 2 nitrogen and oxygen atoms in total. The van der Waals surface area contributed by atoms with E-state index in [1.165, 1.54) is 16.3 Å². The van der Waals surface area contributed by atoms with Gasteiger partial charge in [0.05, 0.1) is 5.54 Å². The molecule has 3 rings (SSSR count). The number of hydrogen-bond donors (Lipinski definition) is 2. The van der Waals surface area contributed by atoms with Crippen LogP contribution in [0.5, 0.6) is 0 Å². The second-order valence-electron chi connectivity index (χ2n) is 4.47. The summed E-state index contributed by atoms with van der Waals surface area (Å²) in [4.78, 5) is 0. The Kier molecular flexibility index (Phi) is 2.28. The number of benzene rings is 2. The topological polar surface area (TPSA) is 38.0 Å². The molecule has 1 fully saturated rings. The third-order valence-electron chi connectivity index (χ3n) is 3.26. The van der Waals surface area contributed by atoms with Crippen molar-refractivity contribution in [2.75, 3.05) is 13.1 Å². The summed E-state index contributed by atoms with van der Waals surface area (Å²) < 4.78 is 1.11. The number of rotatable bonds is 1. The number of halogens is 1. The van der Waals surface area contributed by atoms with Crippen molar-refractivity contribution in [3.63, 3.8) is 0 Å². The van der Waals surface area contributed by atoms with Gasteiger partial charge in [-0.2, -0.15) is 0 Å². The van der Waals surface area contributed by atoms with E-state index >= 15 is 0 Å². The molecule has 0 bridgehead atoms. The van der Waals surface area contributed by atoms with E-state index < -0.39 is 0 Å². The average molecular weight is 277 g/mol. The zero-order valence-electron chi connectivity index (χ0n) is 8.83. The highest BCUT2D eigenvalue weighted by Crippen LogP contribution is 2.27. The molecule has 0 amide bonds. The van der Waals surface area contributed by atoms with E-state index in [0.29, 0.717) is 0 Å². The molecule has 0 spiro atoms. The first-order valence-corrected chi connectivity index (χ1v) is 6.16. The van der Waals surface area contributed by atoms with Gasteiger partial charge in [0.2, 0.25) is 0 Å². The number of nitrogens with one attached hydrogen (secondary N) is 1. The van der Waals surface area contributed by atoms with Gasteiger partial charge in [-0.15, -0.1) is 0 Å². The van der Waals surface area contributed by atoms with Crippen molar-refractivity contribution >= 4 is 26.7 Å². The maximum Gasteiger partial charge on any atom is 0.0662 e. The quantitative estimate of drug-likeness (QED) is 0.839. The minimum Gasteiger partial charge on any atom is -0.319 e. The van der Waals surface area contributed by atoms with Crippen LogP contribution < -0.4 is 11.1 Å². The minimum absolute atomic E-state index is 0.165. The maximum absolute atomic E-state index is 6.27. The lowest BCUT2D eigenvalue weighted by Crippen LogP contribution is -2.62. The molecule has 0 saturated carbocycles. The fraction of sp³-hybridized carbons (Fsp3) is 0.231. The highest BCUT2D eigenvalue weighted by atomic mass is 79.9. The van der Waals surface area contributed by atoms with Gasteiger partial charge in [-0.1, -0.05) is 34.1 Å². The van der Waals surface area contributed by atoms with Crippen molar-refractivity contribution in [1.82, 2.24) is 5.32 Å². The van der Waals surface area contributed by atoms with Gasteiger partial charge < -0.3 is 11.1 Å². The SMILES string of the molecule is NC1(c2ccc3cc(Br)ccc3c2)CNC1. The second-order valence-corrected chi connectivity index (χ2v) is 5.38. The zero-order chi connectivity index (χ0) is 11.2. The summed E-state index contributed by atoms with van der Waals surface area (Å²) in [6.45, 7) is 1.74. The Hall–Kier alpha value is -0.900. The van der Waals surface area contributed by atoms with Crippen molar-refractivity contribution in [2.24, 2.45) is 5.73 Å². The number of fused-ring (bicyclic) bond motifs is 1. The maximum atomic E-state index is 6.27. The van der Waals surface area contributed by atoms with E-state index in [0.717, 1.165) is 17.6 Å². The standard InChI is InChI=1S/C13H13BrN2/c14-12-4-2-9-5-11(3-1-10(9)6-12)13(15)7-16-8-13/h1-6,16H,7-8,15H2. The summed E-state index contributed by atoms with van der Waals surface area (Å²) in [5.74, 6) is 0. The molecule has 1 aliphatic rings. The fourth-order valence-electron chi connectivity index (χ4n) is 2.12. The van der Waals surface area contributed by atoms with Gasteiger partial charge in [0.15, 0.2) is 0 Å². The van der Waals surface area contributed by atoms with Gasteiger partial charge in [-0.25, -0.2) is 0 Å². The molecule has 16 heavy (non-hydrogen) atoms. The molecule has 0 aromatic heterocycles. The van der Waals surface area contributed by atoms with Gasteiger partial charge in [-0.3, -0.25) is 0 Å². The van der Waals surface area contributed by atoms with Crippen molar-refractivity contribution in [1.29, 1.82) is 0 Å². The van der Waals surface area contributed by atoms with Crippen LogP contribution in [0.15, 0.2) is 40.9 Å². The van der Waals surface area contributed by atoms with E-state index in [-0.39, 0.29) is 5.54 Å². The monoisotopic (exact) mass is 276 g/mol. The molecule has 82 valence electrons. The first-order valence-electron chi connectivity index (χ1n) is 5.37. The van der Waals surface area contributed by atoms with Crippen LogP contribution in [0.1, 0.15) is 5.56 Å². The van der Waals surface area contributed by atoms with E-state index in [9.17, 15) is 0 Å². The molecule has 0 radical (unpaired) electrons. The molecule has 0 unspecified atom stereocenters. The molecule has 1 heterocycles. The molecule has 0 atom stereocenters. The minimum atomic E-state index is -0.165. The Labute approximate surface area is 103 Å². The summed E-state index contributed by atoms with van der Waals surface area (Å²) in [5, 5.41) is 5.72. The second kappa shape index (κ2) is 3.55. The Morgan fingerprint density at radius 3 is 2.44 bits per heavy atom. The van der Waals surface area contributed by atoms with Crippen molar-refractivity contribution in [3.8, 4) is 0 Å². The zero-order valence-corrected chi connectivity index (χ0v) is 10.4. The summed E-state index contributed by atoms with van der Waals surface area (Å²) >= 11 is 3.48. The predicted molar refractivity (Wildman–Crippen MR) is 70.4 cm³/mol. The molecule has 2 aromatic carbocycles. The molecule has 3 N–H and O–H groups in total. The third-order valence-corrected chi connectivity index (χ3v) is 3.75. The van der Waals surface area contributed by atoms with Crippen LogP contribution in [0, 0.1) is 0 Å². The van der Waals surface area contributed by atoms with Crippen LogP contribution in [0.2, 0.25) is 0 Å². The normalized spacial score (nSPS) is 18.4. The van der Waals surface area contributed by atoms with E-state index in [1.54, 1.807) is 0 Å². The van der Waals surface area contributed by atoms with Crippen LogP contribution in [0.3, 0.4) is 0 Å². The largest absolute Gasteiger partial charge is 0.319 e. The fourth-order valence-corrected chi connectivity index (χ4v) is 2.50. The first-order chi connectivity index (χ1) is 7.67. The van der Waals surface area contributed by atoms with Crippen molar-refractivity contribution in [3.05, 3.63) is 46.4 Å². The molecule has 0 aliphatic carbocycles. The summed E-state index contributed by atoms with van der Waals surface area (Å²) in [7, 11) is 0. The number of hydrogen-bond acceptors (Lipinski definition) is 2. The molecule has 1 aliphatic heterocycles. The van der Waals surface area contributed by atoms with Gasteiger partial charge in [0, 0.05) is 17.6 Å². The highest BCUT2D eigenvalue weighted by molar-refractivity contribution is 9.10. The Balaban J connectivity index is 2.12. The lowest BCUT2D eigenvalue weighted by Gasteiger charge is -2.39. The van der Waals surface area contributed by atoms with Crippen molar-refractivity contribution < 1.29 is 0 Å². The van der Waals surface area contributed by atoms with Crippen LogP contribution in [-0.4, -0.2) is 13.1 Å². The predicted octanol–water partition coefficient (Wildman–Crippen LogP) is 2.36. The molecule has 1 saturated heterocycles.